The number of nitrogens with one attached hydrogen (secondary N) is 1. The van der Waals surface area contributed by atoms with E-state index >= 15 is 0 Å². The first-order valence-corrected chi connectivity index (χ1v) is 6.32. The lowest BCUT2D eigenvalue weighted by molar-refractivity contribution is -0.117. The Bertz CT molecular complexity index is 391. The first kappa shape index (κ1) is 14.5. The molecular formula is C14H22N2O2. The normalized spacial score (nSPS) is 12.3. The van der Waals surface area contributed by atoms with Gasteiger partial charge in [-0.2, -0.15) is 0 Å². The van der Waals surface area contributed by atoms with Gasteiger partial charge in [0, 0.05) is 0 Å². The second-order valence-electron chi connectivity index (χ2n) is 4.71. The van der Waals surface area contributed by atoms with Crippen LogP contribution in [0.4, 0.5) is 5.69 Å². The van der Waals surface area contributed by atoms with Crippen LogP contribution >= 0.6 is 0 Å². The molecule has 3 N–H and O–H groups in total. The Morgan fingerprint density at radius 3 is 2.67 bits per heavy atom. The van der Waals surface area contributed by atoms with Gasteiger partial charge >= 0.3 is 0 Å². The SMILES string of the molecule is CC[C@H](N)C(=O)Nc1ccccc1OCC(C)C. The Morgan fingerprint density at radius 2 is 2.06 bits per heavy atom. The number of ether oxygens (including phenoxy) is 1. The number of hydrogen-bond donors (Lipinski definition) is 2. The molecule has 1 atom stereocenters. The summed E-state index contributed by atoms with van der Waals surface area (Å²) >= 11 is 0. The predicted octanol–water partition coefficient (Wildman–Crippen LogP) is 2.40. The van der Waals surface area contributed by atoms with Crippen molar-refractivity contribution in [2.75, 3.05) is 11.9 Å². The predicted molar refractivity (Wildman–Crippen MR) is 73.7 cm³/mol. The fourth-order valence-corrected chi connectivity index (χ4v) is 1.36. The second-order valence-corrected chi connectivity index (χ2v) is 4.71. The van der Waals surface area contributed by atoms with E-state index in [2.05, 4.69) is 19.2 Å². The Balaban J connectivity index is 2.72. The maximum Gasteiger partial charge on any atom is 0.241 e. The third-order valence-electron chi connectivity index (χ3n) is 2.49. The highest BCUT2D eigenvalue weighted by molar-refractivity contribution is 5.95. The van der Waals surface area contributed by atoms with Gasteiger partial charge in [-0.1, -0.05) is 32.9 Å². The van der Waals surface area contributed by atoms with Gasteiger partial charge in [0.1, 0.15) is 5.75 Å². The molecule has 0 heterocycles. The van der Waals surface area contributed by atoms with Crippen LogP contribution in [0.1, 0.15) is 27.2 Å². The van der Waals surface area contributed by atoms with Gasteiger partial charge in [0.2, 0.25) is 5.91 Å². The standard InChI is InChI=1S/C14H22N2O2/c1-4-11(15)14(17)16-12-7-5-6-8-13(12)18-9-10(2)3/h5-8,10-11H,4,9,15H2,1-3H3,(H,16,17)/t11-/m0/s1. The molecule has 0 spiro atoms. The second kappa shape index (κ2) is 7.01. The molecule has 0 aliphatic carbocycles. The van der Waals surface area contributed by atoms with Crippen LogP contribution in [0.15, 0.2) is 24.3 Å². The minimum Gasteiger partial charge on any atom is -0.491 e. The van der Waals surface area contributed by atoms with Crippen LogP contribution in [-0.2, 0) is 4.79 Å². The summed E-state index contributed by atoms with van der Waals surface area (Å²) in [5.74, 6) is 0.938. The highest BCUT2D eigenvalue weighted by Crippen LogP contribution is 2.24. The number of nitrogens with two attached hydrogens (primary N) is 1. The van der Waals surface area contributed by atoms with Crippen molar-refractivity contribution in [1.29, 1.82) is 0 Å². The number of para-hydroxylation sites is 2. The zero-order chi connectivity index (χ0) is 13.5. The van der Waals surface area contributed by atoms with Gasteiger partial charge in [-0.3, -0.25) is 4.79 Å². The maximum absolute atomic E-state index is 11.7. The zero-order valence-electron chi connectivity index (χ0n) is 11.3. The van der Waals surface area contributed by atoms with E-state index in [1.165, 1.54) is 0 Å². The van der Waals surface area contributed by atoms with Crippen molar-refractivity contribution >= 4 is 11.6 Å². The van der Waals surface area contributed by atoms with Crippen LogP contribution in [0.25, 0.3) is 0 Å². The summed E-state index contributed by atoms with van der Waals surface area (Å²) in [6.07, 6.45) is 0.612. The van der Waals surface area contributed by atoms with Gasteiger partial charge < -0.3 is 15.8 Å². The fraction of sp³-hybridized carbons (Fsp3) is 0.500. The van der Waals surface area contributed by atoms with E-state index in [0.717, 1.165) is 0 Å². The number of anilines is 1. The summed E-state index contributed by atoms with van der Waals surface area (Å²) in [5, 5.41) is 2.80. The van der Waals surface area contributed by atoms with Gasteiger partial charge in [0.05, 0.1) is 18.3 Å². The summed E-state index contributed by atoms with van der Waals surface area (Å²) in [7, 11) is 0. The van der Waals surface area contributed by atoms with Gasteiger partial charge in [-0.15, -0.1) is 0 Å². The van der Waals surface area contributed by atoms with Crippen LogP contribution in [0.2, 0.25) is 0 Å². The molecule has 100 valence electrons. The van der Waals surface area contributed by atoms with E-state index in [4.69, 9.17) is 10.5 Å². The van der Waals surface area contributed by atoms with Crippen molar-refractivity contribution in [2.24, 2.45) is 11.7 Å². The van der Waals surface area contributed by atoms with Crippen molar-refractivity contribution in [1.82, 2.24) is 0 Å². The monoisotopic (exact) mass is 250 g/mol. The molecular weight excluding hydrogens is 228 g/mol. The lowest BCUT2D eigenvalue weighted by Crippen LogP contribution is -2.34. The van der Waals surface area contributed by atoms with Gasteiger partial charge in [-0.05, 0) is 24.5 Å². The van der Waals surface area contributed by atoms with E-state index in [-0.39, 0.29) is 5.91 Å². The van der Waals surface area contributed by atoms with Crippen LogP contribution in [0.3, 0.4) is 0 Å². The highest BCUT2D eigenvalue weighted by atomic mass is 16.5. The Kier molecular flexibility index (Phi) is 5.65. The van der Waals surface area contributed by atoms with Crippen LogP contribution in [0, 0.1) is 5.92 Å². The average molecular weight is 250 g/mol. The molecule has 0 aliphatic heterocycles. The number of carbonyl (C=O) groups excluding carboxylic acids is 1. The molecule has 1 rings (SSSR count). The van der Waals surface area contributed by atoms with Gasteiger partial charge in [-0.25, -0.2) is 0 Å². The third-order valence-corrected chi connectivity index (χ3v) is 2.49. The van der Waals surface area contributed by atoms with Crippen LogP contribution < -0.4 is 15.8 Å². The summed E-state index contributed by atoms with van der Waals surface area (Å²) in [5.41, 5.74) is 6.36. The first-order chi connectivity index (χ1) is 8.54. The zero-order valence-corrected chi connectivity index (χ0v) is 11.3. The Morgan fingerprint density at radius 1 is 1.39 bits per heavy atom. The molecule has 0 fully saturated rings. The minimum absolute atomic E-state index is 0.182. The molecule has 0 saturated heterocycles. The third kappa shape index (κ3) is 4.37. The average Bonchev–Trinajstić information content (AvgIpc) is 2.36. The first-order valence-electron chi connectivity index (χ1n) is 6.32. The lowest BCUT2D eigenvalue weighted by atomic mass is 10.2. The van der Waals surface area contributed by atoms with E-state index < -0.39 is 6.04 Å². The van der Waals surface area contributed by atoms with Crippen molar-refractivity contribution < 1.29 is 9.53 Å². The molecule has 0 unspecified atom stereocenters. The summed E-state index contributed by atoms with van der Waals surface area (Å²) in [4.78, 5) is 11.7. The molecule has 4 nitrogen and oxygen atoms in total. The van der Waals surface area contributed by atoms with Gasteiger partial charge in [0.15, 0.2) is 0 Å². The summed E-state index contributed by atoms with van der Waals surface area (Å²) in [6.45, 7) is 6.65. The van der Waals surface area contributed by atoms with E-state index in [1.807, 2.05) is 31.2 Å². The van der Waals surface area contributed by atoms with Crippen LogP contribution in [0.5, 0.6) is 5.75 Å². The largest absolute Gasteiger partial charge is 0.491 e. The van der Waals surface area contributed by atoms with Gasteiger partial charge in [0.25, 0.3) is 0 Å². The molecule has 1 aromatic carbocycles. The molecule has 18 heavy (non-hydrogen) atoms. The molecule has 0 aliphatic rings. The number of carbonyl (C=O) groups is 1. The fourth-order valence-electron chi connectivity index (χ4n) is 1.36. The molecule has 1 amide bonds. The number of rotatable bonds is 6. The Labute approximate surface area is 109 Å². The summed E-state index contributed by atoms with van der Waals surface area (Å²) < 4.78 is 5.66. The van der Waals surface area contributed by atoms with Crippen molar-refractivity contribution in [3.05, 3.63) is 24.3 Å². The molecule has 0 saturated carbocycles. The summed E-state index contributed by atoms with van der Waals surface area (Å²) in [6, 6.07) is 6.91. The minimum atomic E-state index is -0.483. The van der Waals surface area contributed by atoms with Crippen molar-refractivity contribution in [2.45, 2.75) is 33.2 Å². The molecule has 0 radical (unpaired) electrons. The van der Waals surface area contributed by atoms with E-state index in [0.29, 0.717) is 30.4 Å². The lowest BCUT2D eigenvalue weighted by Gasteiger charge is -2.15. The quantitative estimate of drug-likeness (QED) is 0.814. The number of hydrogen-bond acceptors (Lipinski definition) is 3. The maximum atomic E-state index is 11.7. The van der Waals surface area contributed by atoms with E-state index in [9.17, 15) is 4.79 Å². The smallest absolute Gasteiger partial charge is 0.241 e. The Hall–Kier alpha value is -1.55. The number of amides is 1. The van der Waals surface area contributed by atoms with Crippen molar-refractivity contribution in [3.63, 3.8) is 0 Å². The highest BCUT2D eigenvalue weighted by Gasteiger charge is 2.13. The molecule has 1 aromatic rings. The van der Waals surface area contributed by atoms with E-state index in [1.54, 1.807) is 0 Å². The molecule has 0 aromatic heterocycles. The molecule has 0 bridgehead atoms. The topological polar surface area (TPSA) is 64.4 Å². The van der Waals surface area contributed by atoms with Crippen LogP contribution in [-0.4, -0.2) is 18.6 Å². The van der Waals surface area contributed by atoms with Crippen molar-refractivity contribution in [3.8, 4) is 5.75 Å². The number of benzene rings is 1. The molecule has 4 heteroatoms.